The van der Waals surface area contributed by atoms with Crippen molar-refractivity contribution in [1.82, 2.24) is 0 Å². The zero-order valence-electron chi connectivity index (χ0n) is 15.3. The van der Waals surface area contributed by atoms with Gasteiger partial charge in [0.15, 0.2) is 5.70 Å². The smallest absolute Gasteiger partial charge is 0.363 e. The summed E-state index contributed by atoms with van der Waals surface area (Å²) in [7, 11) is 0. The average molecular weight is 422 g/mol. The fraction of sp³-hybridized carbons (Fsp3) is 0. The number of nitrogens with zero attached hydrogens (tertiary/aromatic N) is 1. The third-order valence-corrected chi connectivity index (χ3v) is 4.39. The Kier molecular flexibility index (Phi) is 5.41. The van der Waals surface area contributed by atoms with Gasteiger partial charge in [0.25, 0.3) is 0 Å². The first-order chi connectivity index (χ1) is 14.5. The molecule has 0 unspecified atom stereocenters. The van der Waals surface area contributed by atoms with Crippen molar-refractivity contribution in [2.75, 3.05) is 0 Å². The molecule has 0 aromatic heterocycles. The van der Waals surface area contributed by atoms with E-state index in [2.05, 4.69) is 4.99 Å². The molecule has 0 saturated heterocycles. The second kappa shape index (κ2) is 8.31. The fourth-order valence-electron chi connectivity index (χ4n) is 2.77. The second-order valence-corrected chi connectivity index (χ2v) is 6.72. The molecule has 30 heavy (non-hydrogen) atoms. The Balaban J connectivity index is 1.57. The maximum Gasteiger partial charge on any atom is 0.363 e. The van der Waals surface area contributed by atoms with Crippen LogP contribution in [0.2, 0.25) is 5.02 Å². The van der Waals surface area contributed by atoms with Crippen molar-refractivity contribution in [3.05, 3.63) is 106 Å². The van der Waals surface area contributed by atoms with Gasteiger partial charge in [-0.05, 0) is 54.1 Å². The van der Waals surface area contributed by atoms with E-state index in [4.69, 9.17) is 21.1 Å². The van der Waals surface area contributed by atoms with Gasteiger partial charge in [0.1, 0.15) is 11.6 Å². The van der Waals surface area contributed by atoms with Crippen molar-refractivity contribution in [3.8, 4) is 5.75 Å². The molecule has 0 N–H and O–H groups in total. The van der Waals surface area contributed by atoms with E-state index in [1.807, 2.05) is 0 Å². The molecule has 3 aromatic carbocycles. The Morgan fingerprint density at radius 1 is 1.03 bits per heavy atom. The zero-order chi connectivity index (χ0) is 21.1. The summed E-state index contributed by atoms with van der Waals surface area (Å²) in [5.41, 5.74) is 1.04. The molecule has 1 aliphatic heterocycles. The van der Waals surface area contributed by atoms with Crippen LogP contribution in [0.25, 0.3) is 6.08 Å². The quantitative estimate of drug-likeness (QED) is 0.336. The predicted molar refractivity (Wildman–Crippen MR) is 110 cm³/mol. The number of cyclic esters (lactones) is 1. The third kappa shape index (κ3) is 4.29. The molecule has 0 amide bonds. The van der Waals surface area contributed by atoms with E-state index in [-0.39, 0.29) is 22.9 Å². The van der Waals surface area contributed by atoms with Crippen LogP contribution in [-0.2, 0) is 9.53 Å². The number of carbonyl (C=O) groups is 2. The summed E-state index contributed by atoms with van der Waals surface area (Å²) in [4.78, 5) is 28.6. The van der Waals surface area contributed by atoms with Crippen LogP contribution in [0.1, 0.15) is 21.5 Å². The molecule has 0 saturated carbocycles. The van der Waals surface area contributed by atoms with Crippen molar-refractivity contribution >= 4 is 35.5 Å². The number of halogens is 2. The first kappa shape index (κ1) is 19.5. The highest BCUT2D eigenvalue weighted by molar-refractivity contribution is 6.31. The summed E-state index contributed by atoms with van der Waals surface area (Å²) < 4.78 is 24.2. The van der Waals surface area contributed by atoms with Crippen LogP contribution in [0.4, 0.5) is 4.39 Å². The first-order valence-corrected chi connectivity index (χ1v) is 9.23. The molecule has 0 radical (unpaired) electrons. The van der Waals surface area contributed by atoms with Gasteiger partial charge in [0.05, 0.1) is 5.56 Å². The van der Waals surface area contributed by atoms with Gasteiger partial charge in [-0.15, -0.1) is 0 Å². The highest BCUT2D eigenvalue weighted by atomic mass is 35.5. The maximum atomic E-state index is 13.8. The van der Waals surface area contributed by atoms with Crippen LogP contribution in [0.3, 0.4) is 0 Å². The average Bonchev–Trinajstić information content (AvgIpc) is 3.09. The molecule has 148 valence electrons. The van der Waals surface area contributed by atoms with Crippen LogP contribution < -0.4 is 4.74 Å². The minimum absolute atomic E-state index is 0.0857. The number of carbonyl (C=O) groups excluding carboxylic acids is 2. The molecule has 0 aliphatic carbocycles. The topological polar surface area (TPSA) is 65.0 Å². The lowest BCUT2D eigenvalue weighted by molar-refractivity contribution is -0.129. The van der Waals surface area contributed by atoms with Crippen LogP contribution in [0.5, 0.6) is 5.75 Å². The summed E-state index contributed by atoms with van der Waals surface area (Å²) >= 11 is 5.96. The van der Waals surface area contributed by atoms with E-state index in [1.165, 1.54) is 30.3 Å². The second-order valence-electron chi connectivity index (χ2n) is 6.29. The van der Waals surface area contributed by atoms with E-state index in [0.717, 1.165) is 0 Å². The Bertz CT molecular complexity index is 1220. The molecule has 0 bridgehead atoms. The highest BCUT2D eigenvalue weighted by Crippen LogP contribution is 2.23. The molecule has 0 fully saturated rings. The van der Waals surface area contributed by atoms with Crippen molar-refractivity contribution in [2.24, 2.45) is 4.99 Å². The maximum absolute atomic E-state index is 13.8. The minimum atomic E-state index is -0.820. The summed E-state index contributed by atoms with van der Waals surface area (Å²) in [5, 5.41) is 0.494. The number of rotatable bonds is 4. The Morgan fingerprint density at radius 3 is 2.63 bits per heavy atom. The van der Waals surface area contributed by atoms with Crippen LogP contribution in [0.15, 0.2) is 83.5 Å². The van der Waals surface area contributed by atoms with Gasteiger partial charge in [-0.25, -0.2) is 19.0 Å². The Labute approximate surface area is 176 Å². The molecular formula is C23H13ClFNO4. The molecule has 1 aliphatic rings. The van der Waals surface area contributed by atoms with Crippen LogP contribution in [0, 0.1) is 5.82 Å². The van der Waals surface area contributed by atoms with Gasteiger partial charge < -0.3 is 9.47 Å². The molecule has 7 heteroatoms. The van der Waals surface area contributed by atoms with Gasteiger partial charge >= 0.3 is 11.9 Å². The summed E-state index contributed by atoms with van der Waals surface area (Å²) in [6, 6.07) is 18.8. The van der Waals surface area contributed by atoms with E-state index >= 15 is 0 Å². The predicted octanol–water partition coefficient (Wildman–Crippen LogP) is 5.04. The first-order valence-electron chi connectivity index (χ1n) is 8.85. The Hall–Kier alpha value is -3.77. The number of hydrogen-bond acceptors (Lipinski definition) is 5. The summed E-state index contributed by atoms with van der Waals surface area (Å²) in [6.07, 6.45) is 1.50. The lowest BCUT2D eigenvalue weighted by atomic mass is 10.2. The summed E-state index contributed by atoms with van der Waals surface area (Å²) in [6.45, 7) is 0. The van der Waals surface area contributed by atoms with E-state index in [9.17, 15) is 14.0 Å². The number of ether oxygens (including phenoxy) is 2. The molecular weight excluding hydrogens is 409 g/mol. The van der Waals surface area contributed by atoms with Crippen LogP contribution in [-0.4, -0.2) is 17.8 Å². The van der Waals surface area contributed by atoms with Crippen molar-refractivity contribution in [3.63, 3.8) is 0 Å². The third-order valence-electron chi connectivity index (χ3n) is 4.16. The lowest BCUT2D eigenvalue weighted by Gasteiger charge is -2.06. The minimum Gasteiger partial charge on any atom is -0.423 e. The monoisotopic (exact) mass is 421 g/mol. The molecule has 0 atom stereocenters. The van der Waals surface area contributed by atoms with E-state index in [0.29, 0.717) is 16.1 Å². The van der Waals surface area contributed by atoms with Gasteiger partial charge in [0.2, 0.25) is 5.90 Å². The standard InChI is InChI=1S/C23H13ClFNO4/c24-16-7-4-6-15(13-16)21-26-20(23(28)30-21)12-14-5-3-8-17(11-14)29-22(27)18-9-1-2-10-19(18)25/h1-13H/b20-12+. The fourth-order valence-corrected chi connectivity index (χ4v) is 2.96. The van der Waals surface area contributed by atoms with E-state index in [1.54, 1.807) is 48.5 Å². The largest absolute Gasteiger partial charge is 0.423 e. The number of esters is 2. The van der Waals surface area contributed by atoms with Gasteiger partial charge in [-0.3, -0.25) is 0 Å². The van der Waals surface area contributed by atoms with E-state index < -0.39 is 17.8 Å². The molecule has 5 nitrogen and oxygen atoms in total. The highest BCUT2D eigenvalue weighted by Gasteiger charge is 2.24. The number of aliphatic imine (C=N–C) groups is 1. The van der Waals surface area contributed by atoms with Crippen molar-refractivity contribution in [2.45, 2.75) is 0 Å². The zero-order valence-corrected chi connectivity index (χ0v) is 16.1. The molecule has 1 heterocycles. The van der Waals surface area contributed by atoms with Crippen LogP contribution >= 0.6 is 11.6 Å². The molecule has 0 spiro atoms. The SMILES string of the molecule is O=C1OC(c2cccc(Cl)c2)=N/C1=C/c1cccc(OC(=O)c2ccccc2F)c1. The van der Waals surface area contributed by atoms with Gasteiger partial charge in [-0.1, -0.05) is 41.9 Å². The Morgan fingerprint density at radius 2 is 1.83 bits per heavy atom. The van der Waals surface area contributed by atoms with Crippen molar-refractivity contribution < 1.29 is 23.5 Å². The van der Waals surface area contributed by atoms with Gasteiger partial charge in [-0.2, -0.15) is 0 Å². The number of hydrogen-bond donors (Lipinski definition) is 0. The summed E-state index contributed by atoms with van der Waals surface area (Å²) in [5.74, 6) is -1.76. The lowest BCUT2D eigenvalue weighted by Crippen LogP contribution is -2.10. The molecule has 4 rings (SSSR count). The number of benzene rings is 3. The molecule has 3 aromatic rings. The van der Waals surface area contributed by atoms with Gasteiger partial charge in [0, 0.05) is 10.6 Å². The normalized spacial score (nSPS) is 14.4. The van der Waals surface area contributed by atoms with Crippen molar-refractivity contribution in [1.29, 1.82) is 0 Å².